The molecule has 1 N–H and O–H groups in total. The van der Waals surface area contributed by atoms with Crippen molar-refractivity contribution >= 4 is 23.2 Å². The van der Waals surface area contributed by atoms with Crippen LogP contribution in [0.4, 0.5) is 15.8 Å². The zero-order valence-corrected chi connectivity index (χ0v) is 17.7. The van der Waals surface area contributed by atoms with Crippen molar-refractivity contribution in [3.8, 4) is 0 Å². The van der Waals surface area contributed by atoms with E-state index >= 15 is 0 Å². The van der Waals surface area contributed by atoms with Gasteiger partial charge in [0.1, 0.15) is 5.82 Å². The molecule has 0 heterocycles. The number of nitrogens with zero attached hydrogens (tertiary/aromatic N) is 2. The van der Waals surface area contributed by atoms with Gasteiger partial charge < -0.3 is 15.1 Å². The third-order valence-electron chi connectivity index (χ3n) is 4.95. The third kappa shape index (κ3) is 6.04. The topological polar surface area (TPSA) is 52.6 Å². The van der Waals surface area contributed by atoms with E-state index in [9.17, 15) is 14.0 Å². The zero-order chi connectivity index (χ0) is 21.4. The number of carbonyl (C=O) groups is 2. The first-order valence-electron chi connectivity index (χ1n) is 10.0. The van der Waals surface area contributed by atoms with Crippen LogP contribution in [0.2, 0.25) is 0 Å². The van der Waals surface area contributed by atoms with E-state index in [1.54, 1.807) is 23.1 Å². The van der Waals surface area contributed by atoms with Gasteiger partial charge in [-0.25, -0.2) is 4.39 Å². The van der Waals surface area contributed by atoms with E-state index in [2.05, 4.69) is 30.1 Å². The maximum absolute atomic E-state index is 13.7. The summed E-state index contributed by atoms with van der Waals surface area (Å²) in [5.41, 5.74) is 3.31. The Morgan fingerprint density at radius 3 is 2.34 bits per heavy atom. The minimum Gasteiger partial charge on any atom is -0.372 e. The molecule has 29 heavy (non-hydrogen) atoms. The zero-order valence-electron chi connectivity index (χ0n) is 17.7. The molecule has 0 aliphatic carbocycles. The minimum absolute atomic E-state index is 0.0235. The Morgan fingerprint density at radius 1 is 1.07 bits per heavy atom. The molecule has 0 unspecified atom stereocenters. The highest BCUT2D eigenvalue weighted by Gasteiger charge is 2.16. The Balaban J connectivity index is 2.01. The highest BCUT2D eigenvalue weighted by molar-refractivity contribution is 5.92. The van der Waals surface area contributed by atoms with Crippen LogP contribution in [-0.2, 0) is 16.0 Å². The lowest BCUT2D eigenvalue weighted by Gasteiger charge is -2.26. The Kier molecular flexibility index (Phi) is 8.19. The van der Waals surface area contributed by atoms with Crippen molar-refractivity contribution in [1.29, 1.82) is 0 Å². The molecule has 0 aliphatic heterocycles. The Labute approximate surface area is 172 Å². The Bertz CT molecular complexity index is 850. The summed E-state index contributed by atoms with van der Waals surface area (Å²) in [6.45, 7) is 10.2. The Hall–Kier alpha value is -2.89. The second-order valence-corrected chi connectivity index (χ2v) is 6.93. The molecule has 0 atom stereocenters. The van der Waals surface area contributed by atoms with E-state index in [4.69, 9.17) is 0 Å². The molecular formula is C23H30FN3O2. The molecule has 0 radical (unpaired) electrons. The number of nitrogens with one attached hydrogen (secondary N) is 1. The lowest BCUT2D eigenvalue weighted by molar-refractivity contribution is -0.121. The van der Waals surface area contributed by atoms with Crippen LogP contribution in [0, 0.1) is 12.7 Å². The smallest absolute Gasteiger partial charge is 0.224 e. The van der Waals surface area contributed by atoms with Gasteiger partial charge in [-0.15, -0.1) is 0 Å². The number of anilines is 2. The largest absolute Gasteiger partial charge is 0.372 e. The van der Waals surface area contributed by atoms with Gasteiger partial charge in [0.15, 0.2) is 0 Å². The highest BCUT2D eigenvalue weighted by atomic mass is 19.1. The predicted octanol–water partition coefficient (Wildman–Crippen LogP) is 3.69. The molecule has 5 nitrogen and oxygen atoms in total. The molecule has 0 aliphatic rings. The van der Waals surface area contributed by atoms with Gasteiger partial charge in [0.05, 0.1) is 6.42 Å². The van der Waals surface area contributed by atoms with Gasteiger partial charge in [0.2, 0.25) is 11.8 Å². The monoisotopic (exact) mass is 399 g/mol. The first kappa shape index (κ1) is 22.4. The molecular weight excluding hydrogens is 369 g/mol. The van der Waals surface area contributed by atoms with E-state index in [1.807, 2.05) is 19.1 Å². The number of carbonyl (C=O) groups excluding carboxylic acids is 2. The number of rotatable bonds is 9. The van der Waals surface area contributed by atoms with Crippen molar-refractivity contribution in [2.75, 3.05) is 36.0 Å². The summed E-state index contributed by atoms with van der Waals surface area (Å²) in [5.74, 6) is -0.754. The second kappa shape index (κ2) is 10.6. The maximum atomic E-state index is 13.7. The van der Waals surface area contributed by atoms with Gasteiger partial charge in [-0.05, 0) is 56.2 Å². The fraction of sp³-hybridized carbons (Fsp3) is 0.391. The van der Waals surface area contributed by atoms with E-state index in [0.717, 1.165) is 30.0 Å². The molecule has 0 bridgehead atoms. The van der Waals surface area contributed by atoms with E-state index in [-0.39, 0.29) is 18.2 Å². The van der Waals surface area contributed by atoms with E-state index < -0.39 is 5.82 Å². The summed E-state index contributed by atoms with van der Waals surface area (Å²) in [6.07, 6.45) is -0.0235. The summed E-state index contributed by atoms with van der Waals surface area (Å²) in [7, 11) is 0. The lowest BCUT2D eigenvalue weighted by Crippen LogP contribution is -2.38. The summed E-state index contributed by atoms with van der Waals surface area (Å²) in [4.78, 5) is 28.2. The molecule has 2 aromatic carbocycles. The molecule has 6 heteroatoms. The molecule has 0 saturated carbocycles. The van der Waals surface area contributed by atoms with Gasteiger partial charge in [0, 0.05) is 44.5 Å². The summed E-state index contributed by atoms with van der Waals surface area (Å²) >= 11 is 0. The molecule has 2 rings (SSSR count). The van der Waals surface area contributed by atoms with Crippen molar-refractivity contribution in [3.05, 3.63) is 59.4 Å². The van der Waals surface area contributed by atoms with Crippen LogP contribution >= 0.6 is 0 Å². The average molecular weight is 400 g/mol. The average Bonchev–Trinajstić information content (AvgIpc) is 2.68. The van der Waals surface area contributed by atoms with Crippen LogP contribution in [0.3, 0.4) is 0 Å². The number of benzene rings is 2. The number of hydrogen-bond acceptors (Lipinski definition) is 3. The molecule has 156 valence electrons. The van der Waals surface area contributed by atoms with E-state index in [1.165, 1.54) is 13.0 Å². The van der Waals surface area contributed by atoms with Crippen LogP contribution in [0.1, 0.15) is 31.9 Å². The molecule has 0 fully saturated rings. The number of halogens is 1. The van der Waals surface area contributed by atoms with Gasteiger partial charge in [-0.1, -0.05) is 18.2 Å². The predicted molar refractivity (Wildman–Crippen MR) is 116 cm³/mol. The maximum Gasteiger partial charge on any atom is 0.224 e. The van der Waals surface area contributed by atoms with Crippen molar-refractivity contribution in [3.63, 3.8) is 0 Å². The van der Waals surface area contributed by atoms with Gasteiger partial charge in [-0.3, -0.25) is 9.59 Å². The highest BCUT2D eigenvalue weighted by Crippen LogP contribution is 2.25. The van der Waals surface area contributed by atoms with Crippen molar-refractivity contribution in [2.24, 2.45) is 0 Å². The van der Waals surface area contributed by atoms with Crippen LogP contribution in [0.5, 0.6) is 0 Å². The molecule has 0 spiro atoms. The molecule has 2 amide bonds. The normalized spacial score (nSPS) is 10.5. The minimum atomic E-state index is -0.392. The first-order chi connectivity index (χ1) is 13.9. The first-order valence-corrected chi connectivity index (χ1v) is 10.0. The quantitative estimate of drug-likeness (QED) is 0.700. The number of amides is 2. The van der Waals surface area contributed by atoms with E-state index in [0.29, 0.717) is 18.7 Å². The van der Waals surface area contributed by atoms with Gasteiger partial charge in [0.25, 0.3) is 0 Å². The summed E-state index contributed by atoms with van der Waals surface area (Å²) in [6, 6.07) is 12.3. The van der Waals surface area contributed by atoms with Crippen molar-refractivity contribution < 1.29 is 14.0 Å². The van der Waals surface area contributed by atoms with Gasteiger partial charge >= 0.3 is 0 Å². The molecule has 2 aromatic rings. The van der Waals surface area contributed by atoms with Crippen molar-refractivity contribution in [1.82, 2.24) is 5.32 Å². The van der Waals surface area contributed by atoms with Crippen LogP contribution in [-0.4, -0.2) is 38.0 Å². The van der Waals surface area contributed by atoms with Gasteiger partial charge in [-0.2, -0.15) is 0 Å². The third-order valence-corrected chi connectivity index (χ3v) is 4.95. The fourth-order valence-electron chi connectivity index (χ4n) is 3.36. The van der Waals surface area contributed by atoms with Crippen LogP contribution < -0.4 is 15.1 Å². The fourth-order valence-corrected chi connectivity index (χ4v) is 3.36. The summed E-state index contributed by atoms with van der Waals surface area (Å²) < 4.78 is 13.7. The Morgan fingerprint density at radius 2 is 1.76 bits per heavy atom. The molecule has 0 aromatic heterocycles. The molecule has 0 saturated heterocycles. The SMILES string of the molecule is CCN(CC)c1ccc(N(CCNC(=O)Cc2ccccc2F)C(C)=O)c(C)c1. The van der Waals surface area contributed by atoms with Crippen molar-refractivity contribution in [2.45, 2.75) is 34.1 Å². The number of aryl methyl sites for hydroxylation is 1. The van der Waals surface area contributed by atoms with Crippen LogP contribution in [0.15, 0.2) is 42.5 Å². The summed E-state index contributed by atoms with van der Waals surface area (Å²) in [5, 5.41) is 2.77. The second-order valence-electron chi connectivity index (χ2n) is 6.93. The standard InChI is InChI=1S/C23H30FN3O2/c1-5-26(6-2)20-11-12-22(17(3)15-20)27(18(4)28)14-13-25-23(29)16-19-9-7-8-10-21(19)24/h7-12,15H,5-6,13-14,16H2,1-4H3,(H,25,29). The lowest BCUT2D eigenvalue weighted by atomic mass is 10.1. The van der Waals surface area contributed by atoms with Crippen LogP contribution in [0.25, 0.3) is 0 Å². The number of hydrogen-bond donors (Lipinski definition) is 1.